The van der Waals surface area contributed by atoms with Gasteiger partial charge in [0, 0.05) is 30.2 Å². The van der Waals surface area contributed by atoms with Crippen molar-refractivity contribution < 1.29 is 4.74 Å². The van der Waals surface area contributed by atoms with Gasteiger partial charge in [-0.1, -0.05) is 32.6 Å². The van der Waals surface area contributed by atoms with Crippen molar-refractivity contribution in [3.8, 4) is 5.75 Å². The van der Waals surface area contributed by atoms with Crippen molar-refractivity contribution in [2.75, 3.05) is 20.2 Å². The highest BCUT2D eigenvalue weighted by Crippen LogP contribution is 2.43. The second-order valence-corrected chi connectivity index (χ2v) is 10.9. The van der Waals surface area contributed by atoms with Crippen molar-refractivity contribution in [2.24, 2.45) is 11.8 Å². The molecule has 0 amide bonds. The topological polar surface area (TPSA) is 49.4 Å². The summed E-state index contributed by atoms with van der Waals surface area (Å²) >= 11 is 5.01. The van der Waals surface area contributed by atoms with Gasteiger partial charge < -0.3 is 4.74 Å². The van der Waals surface area contributed by atoms with Crippen LogP contribution in [0.1, 0.15) is 69.9 Å². The molecular weight excluding hydrogens is 428 g/mol. The summed E-state index contributed by atoms with van der Waals surface area (Å²) in [5.41, 5.74) is 2.31. The van der Waals surface area contributed by atoms with Crippen LogP contribution in [0.4, 0.5) is 0 Å². The van der Waals surface area contributed by atoms with Gasteiger partial charge in [-0.2, -0.15) is 0 Å². The molecule has 4 fully saturated rings. The molecular formula is C27H40N4OS. The van der Waals surface area contributed by atoms with Crippen molar-refractivity contribution in [1.82, 2.24) is 20.5 Å². The highest BCUT2D eigenvalue weighted by atomic mass is 32.1. The fraction of sp³-hybridized carbons (Fsp3) is 0.667. The summed E-state index contributed by atoms with van der Waals surface area (Å²) in [6.45, 7) is 4.80. The zero-order valence-corrected chi connectivity index (χ0v) is 21.1. The van der Waals surface area contributed by atoms with Gasteiger partial charge in [-0.25, -0.2) is 0 Å². The van der Waals surface area contributed by atoms with Crippen LogP contribution in [0.3, 0.4) is 0 Å². The molecule has 1 aromatic carbocycles. The molecule has 180 valence electrons. The molecule has 2 N–H and O–H groups in total. The summed E-state index contributed by atoms with van der Waals surface area (Å²) in [6.07, 6.45) is 12.4. The highest BCUT2D eigenvalue weighted by molar-refractivity contribution is 7.80. The number of rotatable bonds is 8. The molecule has 1 aliphatic carbocycles. The van der Waals surface area contributed by atoms with E-state index in [1.807, 2.05) is 12.3 Å². The monoisotopic (exact) mass is 468 g/mol. The molecule has 1 aromatic heterocycles. The molecule has 6 heteroatoms. The molecule has 5 nitrogen and oxygen atoms in total. The molecule has 3 saturated heterocycles. The Morgan fingerprint density at radius 2 is 2.03 bits per heavy atom. The minimum absolute atomic E-state index is 0.0319. The molecule has 33 heavy (non-hydrogen) atoms. The van der Waals surface area contributed by atoms with Gasteiger partial charge in [-0.3, -0.25) is 20.5 Å². The van der Waals surface area contributed by atoms with Gasteiger partial charge in [0.2, 0.25) is 0 Å². The number of hydrogen-bond acceptors (Lipinski definition) is 6. The Bertz CT molecular complexity index is 933. The second-order valence-electron chi connectivity index (χ2n) is 10.3. The maximum absolute atomic E-state index is 5.58. The molecule has 2 aromatic rings. The van der Waals surface area contributed by atoms with Crippen LogP contribution in [-0.4, -0.2) is 47.7 Å². The number of ether oxygens (including phenoxy) is 1. The van der Waals surface area contributed by atoms with Crippen molar-refractivity contribution >= 4 is 23.5 Å². The van der Waals surface area contributed by atoms with E-state index in [4.69, 9.17) is 17.4 Å². The van der Waals surface area contributed by atoms with Crippen LogP contribution < -0.4 is 15.4 Å². The number of methoxy groups -OCH3 is 1. The van der Waals surface area contributed by atoms with Crippen molar-refractivity contribution in [3.63, 3.8) is 0 Å². The van der Waals surface area contributed by atoms with Crippen LogP contribution in [0.25, 0.3) is 10.9 Å². The third-order valence-corrected chi connectivity index (χ3v) is 8.80. The second kappa shape index (κ2) is 10.5. The molecule has 4 aliphatic rings. The van der Waals surface area contributed by atoms with Crippen LogP contribution in [0.5, 0.6) is 5.75 Å². The summed E-state index contributed by atoms with van der Waals surface area (Å²) < 4.78 is 5.58. The number of thiol groups is 1. The van der Waals surface area contributed by atoms with E-state index < -0.39 is 0 Å². The van der Waals surface area contributed by atoms with E-state index >= 15 is 0 Å². The predicted octanol–water partition coefficient (Wildman–Crippen LogP) is 5.13. The molecule has 2 bridgehead atoms. The Kier molecular flexibility index (Phi) is 7.45. The maximum Gasteiger partial charge on any atom is 0.119 e. The minimum atomic E-state index is -0.0319. The van der Waals surface area contributed by atoms with Gasteiger partial charge in [0.25, 0.3) is 0 Å². The summed E-state index contributed by atoms with van der Waals surface area (Å²) in [7, 11) is 1.74. The van der Waals surface area contributed by atoms with E-state index in [1.165, 1.54) is 75.4 Å². The lowest BCUT2D eigenvalue weighted by atomic mass is 9.72. The average molecular weight is 469 g/mol. The van der Waals surface area contributed by atoms with E-state index in [-0.39, 0.29) is 11.5 Å². The smallest absolute Gasteiger partial charge is 0.119 e. The van der Waals surface area contributed by atoms with Crippen LogP contribution in [0.2, 0.25) is 0 Å². The Balaban J connectivity index is 1.46. The van der Waals surface area contributed by atoms with Gasteiger partial charge in [-0.15, -0.1) is 12.6 Å². The first-order valence-corrected chi connectivity index (χ1v) is 13.5. The largest absolute Gasteiger partial charge is 0.497 e. The quantitative estimate of drug-likeness (QED) is 0.370. The molecule has 0 spiro atoms. The van der Waals surface area contributed by atoms with E-state index in [2.05, 4.69) is 45.6 Å². The number of hydrogen-bond donors (Lipinski definition) is 3. The van der Waals surface area contributed by atoms with Crippen LogP contribution in [-0.2, 0) is 0 Å². The first kappa shape index (κ1) is 23.4. The van der Waals surface area contributed by atoms with Gasteiger partial charge >= 0.3 is 0 Å². The van der Waals surface area contributed by atoms with Crippen LogP contribution >= 0.6 is 12.6 Å². The fourth-order valence-corrected chi connectivity index (χ4v) is 7.02. The van der Waals surface area contributed by atoms with Crippen LogP contribution in [0, 0.1) is 11.8 Å². The van der Waals surface area contributed by atoms with Gasteiger partial charge in [-0.05, 0) is 73.9 Å². The molecule has 4 heterocycles. The first-order valence-electron chi connectivity index (χ1n) is 13.0. The number of pyridine rings is 1. The normalized spacial score (nSPS) is 29.8. The lowest BCUT2D eigenvalue weighted by Crippen LogP contribution is -2.59. The summed E-state index contributed by atoms with van der Waals surface area (Å²) in [5, 5.41) is 8.91. The zero-order valence-electron chi connectivity index (χ0n) is 20.2. The Labute approximate surface area is 204 Å². The van der Waals surface area contributed by atoms with E-state index in [9.17, 15) is 0 Å². The molecule has 3 aliphatic heterocycles. The van der Waals surface area contributed by atoms with E-state index in [0.29, 0.717) is 12.1 Å². The first-order chi connectivity index (χ1) is 16.2. The summed E-state index contributed by atoms with van der Waals surface area (Å²) in [5.74, 6) is 2.56. The molecule has 6 rings (SSSR count). The zero-order chi connectivity index (χ0) is 22.8. The predicted molar refractivity (Wildman–Crippen MR) is 139 cm³/mol. The van der Waals surface area contributed by atoms with Gasteiger partial charge in [0.05, 0.1) is 18.7 Å². The van der Waals surface area contributed by atoms with Gasteiger partial charge in [0.1, 0.15) is 11.2 Å². The Morgan fingerprint density at radius 1 is 1.18 bits per heavy atom. The molecule has 6 atom stereocenters. The number of piperidine rings is 3. The average Bonchev–Trinajstić information content (AvgIpc) is 2.87. The Hall–Kier alpha value is -1.34. The minimum Gasteiger partial charge on any atom is -0.497 e. The number of nitrogens with zero attached hydrogens (tertiary/aromatic N) is 2. The van der Waals surface area contributed by atoms with Crippen molar-refractivity contribution in [3.05, 3.63) is 36.0 Å². The standard InChI is InChI=1S/C27H40N4OS/c1-3-18-17-31-14-12-19(18)15-25(31)26(30-27(33)29-20-7-5-4-6-8-20)22-11-13-28-24-10-9-21(32-2)16-23(22)24/h9-11,13,16,18-20,25-27,29-30,33H,3-8,12,14-15,17H2,1-2H3. The van der Waals surface area contributed by atoms with E-state index in [1.54, 1.807) is 7.11 Å². The molecule has 1 saturated carbocycles. The lowest BCUT2D eigenvalue weighted by molar-refractivity contribution is -0.0169. The van der Waals surface area contributed by atoms with Crippen molar-refractivity contribution in [1.29, 1.82) is 0 Å². The Morgan fingerprint density at radius 3 is 2.76 bits per heavy atom. The molecule has 6 unspecified atom stereocenters. The SMILES string of the molecule is CCC1CN2CCC1CC2C(NC(S)NC1CCCCC1)c1ccnc2ccc(OC)cc12. The summed E-state index contributed by atoms with van der Waals surface area (Å²) in [4.78, 5) is 7.41. The van der Waals surface area contributed by atoms with Crippen LogP contribution in [0.15, 0.2) is 30.5 Å². The highest BCUT2D eigenvalue weighted by Gasteiger charge is 2.43. The number of fused-ring (bicyclic) bond motifs is 4. The third kappa shape index (κ3) is 5.04. The van der Waals surface area contributed by atoms with E-state index in [0.717, 1.165) is 23.1 Å². The number of aromatic nitrogens is 1. The lowest BCUT2D eigenvalue weighted by Gasteiger charge is -2.52. The molecule has 0 radical (unpaired) electrons. The number of benzene rings is 1. The maximum atomic E-state index is 5.58. The third-order valence-electron chi connectivity index (χ3n) is 8.50. The van der Waals surface area contributed by atoms with Crippen molar-refractivity contribution in [2.45, 2.75) is 81.9 Å². The van der Waals surface area contributed by atoms with Gasteiger partial charge in [0.15, 0.2) is 0 Å². The summed E-state index contributed by atoms with van der Waals surface area (Å²) in [6, 6.07) is 9.68. The number of nitrogens with one attached hydrogen (secondary N) is 2. The fourth-order valence-electron chi connectivity index (χ4n) is 6.65.